The molecule has 0 saturated heterocycles. The van der Waals surface area contributed by atoms with Crippen LogP contribution in [0.1, 0.15) is 19.2 Å². The Bertz CT molecular complexity index is 582. The number of benzene rings is 1. The summed E-state index contributed by atoms with van der Waals surface area (Å²) in [7, 11) is 0. The normalized spacial score (nSPS) is 12.2. The molecule has 1 atom stereocenters. The van der Waals surface area contributed by atoms with E-state index in [1.54, 1.807) is 0 Å². The number of amides is 1. The van der Waals surface area contributed by atoms with Crippen LogP contribution in [0.25, 0.3) is 11.4 Å². The van der Waals surface area contributed by atoms with Crippen molar-refractivity contribution in [3.05, 3.63) is 30.1 Å². The first kappa shape index (κ1) is 13.7. The van der Waals surface area contributed by atoms with Crippen LogP contribution in [0.4, 0.5) is 5.69 Å². The van der Waals surface area contributed by atoms with E-state index in [0.717, 1.165) is 17.8 Å². The predicted molar refractivity (Wildman–Crippen MR) is 78.2 cm³/mol. The van der Waals surface area contributed by atoms with Crippen molar-refractivity contribution >= 4 is 27.5 Å². The Morgan fingerprint density at radius 1 is 1.47 bits per heavy atom. The van der Waals surface area contributed by atoms with Gasteiger partial charge in [0, 0.05) is 5.56 Å². The number of rotatable bonds is 4. The minimum Gasteiger partial charge on any atom is -0.324 e. The number of para-hydroxylation sites is 1. The molecule has 1 aromatic heterocycles. The van der Waals surface area contributed by atoms with Gasteiger partial charge in [-0.2, -0.15) is 5.10 Å². The van der Waals surface area contributed by atoms with Crippen LogP contribution >= 0.6 is 15.9 Å². The first-order valence-corrected chi connectivity index (χ1v) is 6.96. The summed E-state index contributed by atoms with van der Waals surface area (Å²) >= 11 is 3.34. The van der Waals surface area contributed by atoms with Gasteiger partial charge in [-0.3, -0.25) is 9.89 Å². The Morgan fingerprint density at radius 2 is 2.21 bits per heavy atom. The number of hydrogen-bond acceptors (Lipinski definition) is 3. The lowest BCUT2D eigenvalue weighted by atomic mass is 10.1. The van der Waals surface area contributed by atoms with Gasteiger partial charge >= 0.3 is 0 Å². The molecular weight excluding hydrogens is 308 g/mol. The molecule has 5 nitrogen and oxygen atoms in total. The van der Waals surface area contributed by atoms with Gasteiger partial charge < -0.3 is 5.32 Å². The number of nitrogens with zero attached hydrogens (tertiary/aromatic N) is 2. The van der Waals surface area contributed by atoms with E-state index < -0.39 is 0 Å². The number of carbonyl (C=O) groups is 1. The van der Waals surface area contributed by atoms with E-state index in [0.29, 0.717) is 11.5 Å². The number of alkyl halides is 1. The Morgan fingerprint density at radius 3 is 2.84 bits per heavy atom. The highest BCUT2D eigenvalue weighted by Crippen LogP contribution is 2.25. The van der Waals surface area contributed by atoms with E-state index in [1.807, 2.05) is 38.1 Å². The van der Waals surface area contributed by atoms with E-state index in [9.17, 15) is 4.79 Å². The van der Waals surface area contributed by atoms with Gasteiger partial charge in [0.05, 0.1) is 10.5 Å². The summed E-state index contributed by atoms with van der Waals surface area (Å²) in [5.41, 5.74) is 1.51. The quantitative estimate of drug-likeness (QED) is 0.850. The average molecular weight is 323 g/mol. The van der Waals surface area contributed by atoms with Crippen LogP contribution in [0.15, 0.2) is 24.3 Å². The monoisotopic (exact) mass is 322 g/mol. The lowest BCUT2D eigenvalue weighted by Crippen LogP contribution is -2.22. The summed E-state index contributed by atoms with van der Waals surface area (Å²) in [6.45, 7) is 3.78. The van der Waals surface area contributed by atoms with Crippen LogP contribution in [0, 0.1) is 6.92 Å². The Hall–Kier alpha value is -1.69. The topological polar surface area (TPSA) is 70.7 Å². The number of aromatic amines is 1. The largest absolute Gasteiger partial charge is 0.324 e. The van der Waals surface area contributed by atoms with Crippen molar-refractivity contribution in [2.75, 3.05) is 5.32 Å². The number of nitrogens with one attached hydrogen (secondary N) is 2. The minimum absolute atomic E-state index is 0.0674. The van der Waals surface area contributed by atoms with Crippen LogP contribution in [0.2, 0.25) is 0 Å². The smallest absolute Gasteiger partial charge is 0.238 e. The molecule has 0 spiro atoms. The van der Waals surface area contributed by atoms with Crippen molar-refractivity contribution in [3.63, 3.8) is 0 Å². The van der Waals surface area contributed by atoms with Crippen molar-refractivity contribution < 1.29 is 4.79 Å². The zero-order chi connectivity index (χ0) is 13.8. The summed E-state index contributed by atoms with van der Waals surface area (Å²) in [4.78, 5) is 16.0. The first-order valence-electron chi connectivity index (χ1n) is 6.05. The van der Waals surface area contributed by atoms with E-state index in [2.05, 4.69) is 36.4 Å². The molecule has 0 radical (unpaired) electrons. The third-order valence-electron chi connectivity index (χ3n) is 2.67. The molecule has 0 bridgehead atoms. The fourth-order valence-electron chi connectivity index (χ4n) is 1.65. The maximum atomic E-state index is 11.9. The first-order chi connectivity index (χ1) is 9.11. The van der Waals surface area contributed by atoms with Gasteiger partial charge in [0.2, 0.25) is 5.91 Å². The summed E-state index contributed by atoms with van der Waals surface area (Å²) in [6.07, 6.45) is 0.730. The SMILES string of the molecule is CCC(Br)C(=O)Nc1ccccc1-c1n[nH]c(C)n1. The number of anilines is 1. The van der Waals surface area contributed by atoms with Crippen molar-refractivity contribution in [3.8, 4) is 11.4 Å². The molecule has 0 saturated carbocycles. The summed E-state index contributed by atoms with van der Waals surface area (Å²) in [5.74, 6) is 1.25. The molecular formula is C13H15BrN4O. The van der Waals surface area contributed by atoms with Gasteiger partial charge in [-0.25, -0.2) is 4.98 Å². The standard InChI is InChI=1S/C13H15BrN4O/c1-3-10(14)13(19)16-11-7-5-4-6-9(11)12-15-8(2)17-18-12/h4-7,10H,3H2,1-2H3,(H,16,19)(H,15,17,18). The van der Waals surface area contributed by atoms with Gasteiger partial charge in [-0.15, -0.1) is 0 Å². The van der Waals surface area contributed by atoms with E-state index >= 15 is 0 Å². The summed E-state index contributed by atoms with van der Waals surface area (Å²) < 4.78 is 0. The number of halogens is 1. The van der Waals surface area contributed by atoms with E-state index in [1.165, 1.54) is 0 Å². The van der Waals surface area contributed by atoms with Crippen LogP contribution in [0.5, 0.6) is 0 Å². The van der Waals surface area contributed by atoms with E-state index in [4.69, 9.17) is 0 Å². The highest BCUT2D eigenvalue weighted by molar-refractivity contribution is 9.10. The zero-order valence-electron chi connectivity index (χ0n) is 10.8. The number of aromatic nitrogens is 3. The van der Waals surface area contributed by atoms with Crippen LogP contribution in [-0.2, 0) is 4.79 Å². The number of aryl methyl sites for hydroxylation is 1. The molecule has 2 rings (SSSR count). The second-order valence-electron chi connectivity index (χ2n) is 4.16. The van der Waals surface area contributed by atoms with Crippen molar-refractivity contribution in [2.45, 2.75) is 25.1 Å². The Balaban J connectivity index is 2.29. The van der Waals surface area contributed by atoms with Gasteiger partial charge in [0.1, 0.15) is 5.82 Å². The number of carbonyl (C=O) groups excluding carboxylic acids is 1. The molecule has 0 aliphatic heterocycles. The van der Waals surface area contributed by atoms with Gasteiger partial charge in [0.15, 0.2) is 5.82 Å². The molecule has 0 fully saturated rings. The van der Waals surface area contributed by atoms with E-state index in [-0.39, 0.29) is 10.7 Å². The maximum absolute atomic E-state index is 11.9. The maximum Gasteiger partial charge on any atom is 0.238 e. The highest BCUT2D eigenvalue weighted by Gasteiger charge is 2.15. The predicted octanol–water partition coefficient (Wildman–Crippen LogP) is 2.89. The third kappa shape index (κ3) is 3.20. The fourth-order valence-corrected chi connectivity index (χ4v) is 1.76. The number of hydrogen-bond donors (Lipinski definition) is 2. The van der Waals surface area contributed by atoms with Crippen molar-refractivity contribution in [1.82, 2.24) is 15.2 Å². The van der Waals surface area contributed by atoms with Gasteiger partial charge in [-0.1, -0.05) is 35.0 Å². The second-order valence-corrected chi connectivity index (χ2v) is 5.26. The summed E-state index contributed by atoms with van der Waals surface area (Å²) in [5, 5.41) is 9.81. The Kier molecular flexibility index (Phi) is 4.31. The van der Waals surface area contributed by atoms with Crippen molar-refractivity contribution in [1.29, 1.82) is 0 Å². The van der Waals surface area contributed by atoms with Crippen LogP contribution in [-0.4, -0.2) is 25.9 Å². The lowest BCUT2D eigenvalue weighted by Gasteiger charge is -2.11. The molecule has 1 unspecified atom stereocenters. The molecule has 1 heterocycles. The molecule has 19 heavy (non-hydrogen) atoms. The molecule has 6 heteroatoms. The molecule has 2 N–H and O–H groups in total. The molecule has 0 aliphatic rings. The zero-order valence-corrected chi connectivity index (χ0v) is 12.4. The van der Waals surface area contributed by atoms with Crippen LogP contribution < -0.4 is 5.32 Å². The summed E-state index contributed by atoms with van der Waals surface area (Å²) in [6, 6.07) is 7.48. The molecule has 100 valence electrons. The highest BCUT2D eigenvalue weighted by atomic mass is 79.9. The fraction of sp³-hybridized carbons (Fsp3) is 0.308. The average Bonchev–Trinajstić information content (AvgIpc) is 2.85. The van der Waals surface area contributed by atoms with Crippen LogP contribution in [0.3, 0.4) is 0 Å². The Labute approximate surface area is 120 Å². The van der Waals surface area contributed by atoms with Gasteiger partial charge in [0.25, 0.3) is 0 Å². The molecule has 0 aliphatic carbocycles. The lowest BCUT2D eigenvalue weighted by molar-refractivity contribution is -0.115. The third-order valence-corrected chi connectivity index (χ3v) is 3.73. The second kappa shape index (κ2) is 5.97. The van der Waals surface area contributed by atoms with Crippen molar-refractivity contribution in [2.24, 2.45) is 0 Å². The molecule has 1 aromatic carbocycles. The number of H-pyrrole nitrogens is 1. The molecule has 1 amide bonds. The molecule has 2 aromatic rings. The van der Waals surface area contributed by atoms with Gasteiger partial charge in [-0.05, 0) is 25.5 Å². The minimum atomic E-state index is -0.200.